The maximum atomic E-state index is 12.5. The van der Waals surface area contributed by atoms with Gasteiger partial charge in [0.15, 0.2) is 5.16 Å². The van der Waals surface area contributed by atoms with Gasteiger partial charge in [0.2, 0.25) is 5.91 Å². The van der Waals surface area contributed by atoms with Crippen LogP contribution in [0.5, 0.6) is 0 Å². The minimum Gasteiger partial charge on any atom is -0.354 e. The van der Waals surface area contributed by atoms with Crippen LogP contribution in [0.15, 0.2) is 53.7 Å². The van der Waals surface area contributed by atoms with E-state index in [1.165, 1.54) is 0 Å². The Labute approximate surface area is 168 Å². The number of nitrogens with one attached hydrogen (secondary N) is 3. The van der Waals surface area contributed by atoms with Crippen LogP contribution < -0.4 is 10.6 Å². The first-order chi connectivity index (χ1) is 13.5. The zero-order valence-corrected chi connectivity index (χ0v) is 16.8. The van der Waals surface area contributed by atoms with Crippen molar-refractivity contribution in [2.75, 3.05) is 13.1 Å². The number of hydrogen-bond donors (Lipinski definition) is 3. The fourth-order valence-corrected chi connectivity index (χ4v) is 3.56. The second kappa shape index (κ2) is 9.41. The molecule has 0 bridgehead atoms. The quantitative estimate of drug-likeness (QED) is 0.402. The Bertz CT molecular complexity index is 935. The maximum absolute atomic E-state index is 12.5. The molecule has 0 atom stereocenters. The highest BCUT2D eigenvalue weighted by molar-refractivity contribution is 7.98. The molecule has 0 unspecified atom stereocenters. The van der Waals surface area contributed by atoms with Gasteiger partial charge in [-0.1, -0.05) is 55.9 Å². The number of H-pyrrole nitrogens is 1. The maximum Gasteiger partial charge on any atom is 0.251 e. The van der Waals surface area contributed by atoms with Crippen LogP contribution >= 0.6 is 11.8 Å². The summed E-state index contributed by atoms with van der Waals surface area (Å²) in [4.78, 5) is 31.9. The molecule has 1 heterocycles. The molecule has 3 aromatic rings. The Morgan fingerprint density at radius 1 is 1.04 bits per heavy atom. The highest BCUT2D eigenvalue weighted by atomic mass is 32.2. The van der Waals surface area contributed by atoms with E-state index >= 15 is 0 Å². The summed E-state index contributed by atoms with van der Waals surface area (Å²) in [5.74, 6) is 0.413. The van der Waals surface area contributed by atoms with Crippen molar-refractivity contribution in [2.45, 2.75) is 24.8 Å². The Morgan fingerprint density at radius 2 is 1.75 bits per heavy atom. The van der Waals surface area contributed by atoms with E-state index in [0.29, 0.717) is 24.4 Å². The second-order valence-corrected chi connectivity index (χ2v) is 7.67. The number of rotatable bonds is 8. The lowest BCUT2D eigenvalue weighted by molar-refractivity contribution is -0.123. The van der Waals surface area contributed by atoms with Gasteiger partial charge >= 0.3 is 0 Å². The third-order valence-corrected chi connectivity index (χ3v) is 5.15. The number of nitrogens with zero attached hydrogens (tertiary/aromatic N) is 1. The number of aromatic amines is 1. The van der Waals surface area contributed by atoms with Gasteiger partial charge in [0.1, 0.15) is 0 Å². The molecule has 6 nitrogen and oxygen atoms in total. The van der Waals surface area contributed by atoms with E-state index in [2.05, 4.69) is 20.6 Å². The number of benzene rings is 2. The molecule has 3 rings (SSSR count). The van der Waals surface area contributed by atoms with E-state index in [0.717, 1.165) is 21.8 Å². The second-order valence-electron chi connectivity index (χ2n) is 6.71. The summed E-state index contributed by atoms with van der Waals surface area (Å²) in [7, 11) is 0. The minimum atomic E-state index is -0.139. The summed E-state index contributed by atoms with van der Waals surface area (Å²) in [5, 5.41) is 6.49. The molecule has 0 spiro atoms. The lowest BCUT2D eigenvalue weighted by atomic mass is 10.1. The molecule has 0 aliphatic rings. The van der Waals surface area contributed by atoms with E-state index in [-0.39, 0.29) is 17.7 Å². The molecule has 0 aliphatic heterocycles. The van der Waals surface area contributed by atoms with Crippen LogP contribution in [0.1, 0.15) is 29.8 Å². The van der Waals surface area contributed by atoms with Crippen molar-refractivity contribution in [3.63, 3.8) is 0 Å². The number of carbonyl (C=O) groups excluding carboxylic acids is 2. The molecule has 2 amide bonds. The molecule has 0 aliphatic carbocycles. The number of aromatic nitrogens is 2. The van der Waals surface area contributed by atoms with Crippen LogP contribution in [0.3, 0.4) is 0 Å². The highest BCUT2D eigenvalue weighted by Crippen LogP contribution is 2.24. The van der Waals surface area contributed by atoms with Crippen LogP contribution in [-0.4, -0.2) is 34.9 Å². The number of carbonyl (C=O) groups is 2. The van der Waals surface area contributed by atoms with Gasteiger partial charge in [0.05, 0.1) is 11.0 Å². The van der Waals surface area contributed by atoms with Crippen molar-refractivity contribution in [1.29, 1.82) is 0 Å². The fourth-order valence-electron chi connectivity index (χ4n) is 2.67. The van der Waals surface area contributed by atoms with Gasteiger partial charge in [-0.15, -0.1) is 0 Å². The van der Waals surface area contributed by atoms with Gasteiger partial charge in [-0.2, -0.15) is 0 Å². The molecular weight excluding hydrogens is 372 g/mol. The van der Waals surface area contributed by atoms with Crippen LogP contribution in [0, 0.1) is 5.92 Å². The molecule has 0 radical (unpaired) electrons. The number of thioether (sulfide) groups is 1. The van der Waals surface area contributed by atoms with E-state index in [4.69, 9.17) is 0 Å². The van der Waals surface area contributed by atoms with Gasteiger partial charge < -0.3 is 15.6 Å². The molecule has 3 N–H and O–H groups in total. The predicted octanol–water partition coefficient (Wildman–Crippen LogP) is 3.36. The average Bonchev–Trinajstić information content (AvgIpc) is 3.12. The van der Waals surface area contributed by atoms with Crippen molar-refractivity contribution in [2.24, 2.45) is 5.92 Å². The molecule has 0 saturated carbocycles. The smallest absolute Gasteiger partial charge is 0.251 e. The van der Waals surface area contributed by atoms with Crippen LogP contribution in [0.2, 0.25) is 0 Å². The van der Waals surface area contributed by atoms with E-state index < -0.39 is 0 Å². The molecule has 2 aromatic carbocycles. The fraction of sp³-hybridized carbons (Fsp3) is 0.286. The van der Waals surface area contributed by atoms with E-state index in [1.54, 1.807) is 11.8 Å². The molecule has 0 saturated heterocycles. The van der Waals surface area contributed by atoms with Crippen LogP contribution in [0.4, 0.5) is 0 Å². The normalized spacial score (nSPS) is 11.0. The standard InChI is InChI=1S/C21H24N4O2S/c1-14(2)19(26)22-11-12-23-20(27)16-8-4-3-7-15(16)13-28-21-24-17-9-5-6-10-18(17)25-21/h3-10,14H,11-13H2,1-2H3,(H,22,26)(H,23,27)(H,24,25). The molecule has 146 valence electrons. The Balaban J connectivity index is 1.57. The summed E-state index contributed by atoms with van der Waals surface area (Å²) in [6.07, 6.45) is 0. The Kier molecular flexibility index (Phi) is 6.71. The van der Waals surface area contributed by atoms with Gasteiger partial charge in [-0.25, -0.2) is 4.98 Å². The first-order valence-electron chi connectivity index (χ1n) is 9.26. The number of para-hydroxylation sites is 2. The van der Waals surface area contributed by atoms with Gasteiger partial charge in [-0.05, 0) is 23.8 Å². The molecular formula is C21H24N4O2S. The molecule has 7 heteroatoms. The summed E-state index contributed by atoms with van der Waals surface area (Å²) < 4.78 is 0. The number of fused-ring (bicyclic) bond motifs is 1. The van der Waals surface area contributed by atoms with Crippen LogP contribution in [-0.2, 0) is 10.5 Å². The molecule has 0 fully saturated rings. The lowest BCUT2D eigenvalue weighted by Gasteiger charge is -2.11. The lowest BCUT2D eigenvalue weighted by Crippen LogP contribution is -2.36. The van der Waals surface area contributed by atoms with Crippen LogP contribution in [0.25, 0.3) is 11.0 Å². The van der Waals surface area contributed by atoms with Crippen molar-refractivity contribution in [3.05, 3.63) is 59.7 Å². The third kappa shape index (κ3) is 5.13. The summed E-state index contributed by atoms with van der Waals surface area (Å²) >= 11 is 1.56. The van der Waals surface area contributed by atoms with Gasteiger partial charge in [0, 0.05) is 30.3 Å². The largest absolute Gasteiger partial charge is 0.354 e. The average molecular weight is 397 g/mol. The zero-order chi connectivity index (χ0) is 19.9. The summed E-state index contributed by atoms with van der Waals surface area (Å²) in [5.41, 5.74) is 3.51. The highest BCUT2D eigenvalue weighted by Gasteiger charge is 2.12. The number of amides is 2. The number of imidazole rings is 1. The van der Waals surface area contributed by atoms with Crippen molar-refractivity contribution >= 4 is 34.6 Å². The van der Waals surface area contributed by atoms with E-state index in [1.807, 2.05) is 62.4 Å². The topological polar surface area (TPSA) is 86.9 Å². The van der Waals surface area contributed by atoms with Gasteiger partial charge in [-0.3, -0.25) is 9.59 Å². The van der Waals surface area contributed by atoms with E-state index in [9.17, 15) is 9.59 Å². The zero-order valence-electron chi connectivity index (χ0n) is 16.0. The summed E-state index contributed by atoms with van der Waals surface area (Å²) in [6, 6.07) is 15.4. The predicted molar refractivity (Wildman–Crippen MR) is 112 cm³/mol. The van der Waals surface area contributed by atoms with Crippen molar-refractivity contribution in [1.82, 2.24) is 20.6 Å². The van der Waals surface area contributed by atoms with Crippen molar-refractivity contribution in [3.8, 4) is 0 Å². The summed E-state index contributed by atoms with van der Waals surface area (Å²) in [6.45, 7) is 4.48. The first kappa shape index (κ1) is 19.9. The number of hydrogen-bond acceptors (Lipinski definition) is 4. The van der Waals surface area contributed by atoms with Gasteiger partial charge in [0.25, 0.3) is 5.91 Å². The molecule has 28 heavy (non-hydrogen) atoms. The molecule has 1 aromatic heterocycles. The Hall–Kier alpha value is -2.80. The van der Waals surface area contributed by atoms with Crippen molar-refractivity contribution < 1.29 is 9.59 Å². The first-order valence-corrected chi connectivity index (χ1v) is 10.2. The monoisotopic (exact) mass is 396 g/mol. The minimum absolute atomic E-state index is 0.0168. The Morgan fingerprint density at radius 3 is 2.54 bits per heavy atom. The SMILES string of the molecule is CC(C)C(=O)NCCNC(=O)c1ccccc1CSc1nc2ccccc2[nH]1. The third-order valence-electron chi connectivity index (χ3n) is 4.23.